The van der Waals surface area contributed by atoms with E-state index >= 15 is 0 Å². The molecule has 1 aliphatic heterocycles. The van der Waals surface area contributed by atoms with Crippen LogP contribution in [-0.4, -0.2) is 53.0 Å². The number of aliphatic hydroxyl groups is 1. The Labute approximate surface area is 135 Å². The average Bonchev–Trinajstić information content (AvgIpc) is 2.44. The first-order chi connectivity index (χ1) is 10.2. The molecule has 0 aromatic rings. The number of piperidine rings is 1. The van der Waals surface area contributed by atoms with Crippen LogP contribution < -0.4 is 5.32 Å². The van der Waals surface area contributed by atoms with Gasteiger partial charge in [-0.05, 0) is 59.8 Å². The largest absolute Gasteiger partial charge is 0.444 e. The van der Waals surface area contributed by atoms with Crippen LogP contribution in [0, 0.1) is 0 Å². The number of nitrogens with zero attached hydrogens (tertiary/aromatic N) is 1. The molecule has 0 aromatic heterocycles. The smallest absolute Gasteiger partial charge is 0.410 e. The van der Waals surface area contributed by atoms with E-state index in [1.165, 1.54) is 0 Å². The number of hydrogen-bond donors (Lipinski definition) is 2. The minimum absolute atomic E-state index is 0.0776. The molecule has 2 N–H and O–H groups in total. The minimum Gasteiger partial charge on any atom is -0.444 e. The first kappa shape index (κ1) is 19.2. The zero-order chi connectivity index (χ0) is 16.8. The molecule has 2 atom stereocenters. The predicted molar refractivity (Wildman–Crippen MR) is 89.0 cm³/mol. The lowest BCUT2D eigenvalue weighted by molar-refractivity contribution is 0.00880. The lowest BCUT2D eigenvalue weighted by Gasteiger charge is -2.39. The number of ether oxygens (including phenoxy) is 1. The summed E-state index contributed by atoms with van der Waals surface area (Å²) in [5, 5.41) is 12.8. The Morgan fingerprint density at radius 2 is 2.00 bits per heavy atom. The molecular formula is C17H34N2O3. The molecular weight excluding hydrogens is 280 g/mol. The van der Waals surface area contributed by atoms with Crippen molar-refractivity contribution in [2.24, 2.45) is 0 Å². The van der Waals surface area contributed by atoms with Gasteiger partial charge >= 0.3 is 6.09 Å². The molecule has 1 heterocycles. The third-order valence-corrected chi connectivity index (χ3v) is 4.46. The maximum Gasteiger partial charge on any atom is 0.410 e. The van der Waals surface area contributed by atoms with E-state index in [-0.39, 0.29) is 24.3 Å². The van der Waals surface area contributed by atoms with Crippen LogP contribution in [0.1, 0.15) is 66.7 Å². The van der Waals surface area contributed by atoms with Crippen LogP contribution in [0.4, 0.5) is 4.79 Å². The minimum atomic E-state index is -0.457. The Morgan fingerprint density at radius 1 is 1.32 bits per heavy atom. The van der Waals surface area contributed by atoms with Crippen LogP contribution in [-0.2, 0) is 4.74 Å². The number of rotatable bonds is 6. The Hall–Kier alpha value is -0.810. The number of carbonyl (C=O) groups is 1. The van der Waals surface area contributed by atoms with Gasteiger partial charge in [-0.15, -0.1) is 0 Å². The van der Waals surface area contributed by atoms with Crippen LogP contribution in [0.15, 0.2) is 0 Å². The average molecular weight is 314 g/mol. The van der Waals surface area contributed by atoms with Crippen molar-refractivity contribution in [1.82, 2.24) is 10.2 Å². The van der Waals surface area contributed by atoms with Gasteiger partial charge in [0.15, 0.2) is 0 Å². The standard InChI is InChI=1S/C17H34N2O3/c1-6-17(5,10-12-20)18-13-14-9-7-8-11-19(14)15(21)22-16(2,3)4/h14,18,20H,6-13H2,1-5H3. The maximum absolute atomic E-state index is 12.4. The Bertz CT molecular complexity index is 354. The molecule has 1 aliphatic rings. The van der Waals surface area contributed by atoms with Gasteiger partial charge in [0.05, 0.1) is 0 Å². The Kier molecular flexibility index (Phi) is 7.13. The summed E-state index contributed by atoms with van der Waals surface area (Å²) in [5.74, 6) is 0. The molecule has 1 saturated heterocycles. The van der Waals surface area contributed by atoms with Gasteiger partial charge in [0.25, 0.3) is 0 Å². The molecule has 2 unspecified atom stereocenters. The van der Waals surface area contributed by atoms with Crippen LogP contribution in [0.2, 0.25) is 0 Å². The van der Waals surface area contributed by atoms with Gasteiger partial charge in [0, 0.05) is 31.3 Å². The van der Waals surface area contributed by atoms with Gasteiger partial charge < -0.3 is 20.1 Å². The van der Waals surface area contributed by atoms with Crippen molar-refractivity contribution >= 4 is 6.09 Å². The number of nitrogens with one attached hydrogen (secondary N) is 1. The predicted octanol–water partition coefficient (Wildman–Crippen LogP) is 2.92. The molecule has 0 aliphatic carbocycles. The van der Waals surface area contributed by atoms with Gasteiger partial charge in [-0.1, -0.05) is 6.92 Å². The summed E-state index contributed by atoms with van der Waals surface area (Å²) in [5.41, 5.74) is -0.535. The molecule has 1 amide bonds. The van der Waals surface area contributed by atoms with E-state index in [2.05, 4.69) is 19.2 Å². The lowest BCUT2D eigenvalue weighted by Crippen LogP contribution is -2.54. The molecule has 0 spiro atoms. The Balaban J connectivity index is 2.63. The molecule has 1 rings (SSSR count). The first-order valence-corrected chi connectivity index (χ1v) is 8.56. The van der Waals surface area contributed by atoms with E-state index in [1.807, 2.05) is 25.7 Å². The zero-order valence-electron chi connectivity index (χ0n) is 14.9. The highest BCUT2D eigenvalue weighted by atomic mass is 16.6. The molecule has 0 radical (unpaired) electrons. The van der Waals surface area contributed by atoms with Gasteiger partial charge in [0.1, 0.15) is 5.60 Å². The van der Waals surface area contributed by atoms with E-state index in [4.69, 9.17) is 4.74 Å². The van der Waals surface area contributed by atoms with E-state index in [0.29, 0.717) is 0 Å². The normalized spacial score (nSPS) is 22.3. The number of aliphatic hydroxyl groups excluding tert-OH is 1. The van der Waals surface area contributed by atoms with E-state index in [9.17, 15) is 9.90 Å². The quantitative estimate of drug-likeness (QED) is 0.791. The van der Waals surface area contributed by atoms with Gasteiger partial charge in [0.2, 0.25) is 0 Å². The highest BCUT2D eigenvalue weighted by Crippen LogP contribution is 2.21. The maximum atomic E-state index is 12.4. The van der Waals surface area contributed by atoms with Crippen LogP contribution in [0.25, 0.3) is 0 Å². The van der Waals surface area contributed by atoms with Gasteiger partial charge in [-0.25, -0.2) is 4.79 Å². The third kappa shape index (κ3) is 6.13. The number of amides is 1. The molecule has 0 saturated carbocycles. The van der Waals surface area contributed by atoms with Crippen LogP contribution in [0.3, 0.4) is 0 Å². The third-order valence-electron chi connectivity index (χ3n) is 4.46. The second-order valence-corrected chi connectivity index (χ2v) is 7.59. The molecule has 5 nitrogen and oxygen atoms in total. The number of likely N-dealkylation sites (tertiary alicyclic amines) is 1. The number of hydrogen-bond acceptors (Lipinski definition) is 4. The summed E-state index contributed by atoms with van der Waals surface area (Å²) in [6, 6.07) is 0.174. The monoisotopic (exact) mass is 314 g/mol. The van der Waals surface area contributed by atoms with Crippen molar-refractivity contribution in [2.75, 3.05) is 19.7 Å². The van der Waals surface area contributed by atoms with Crippen molar-refractivity contribution in [1.29, 1.82) is 0 Å². The highest BCUT2D eigenvalue weighted by Gasteiger charge is 2.32. The summed E-state index contributed by atoms with van der Waals surface area (Å²) in [4.78, 5) is 14.3. The van der Waals surface area contributed by atoms with Crippen molar-refractivity contribution in [3.63, 3.8) is 0 Å². The molecule has 1 fully saturated rings. The second-order valence-electron chi connectivity index (χ2n) is 7.59. The van der Waals surface area contributed by atoms with Crippen molar-refractivity contribution in [2.45, 2.75) is 83.9 Å². The Morgan fingerprint density at radius 3 is 2.55 bits per heavy atom. The fourth-order valence-corrected chi connectivity index (χ4v) is 2.77. The SMILES string of the molecule is CCC(C)(CCO)NCC1CCCCN1C(=O)OC(C)(C)C. The molecule has 0 bridgehead atoms. The van der Waals surface area contributed by atoms with Gasteiger partial charge in [-0.3, -0.25) is 0 Å². The topological polar surface area (TPSA) is 61.8 Å². The molecule has 130 valence electrons. The summed E-state index contributed by atoms with van der Waals surface area (Å²) in [7, 11) is 0. The molecule has 22 heavy (non-hydrogen) atoms. The zero-order valence-corrected chi connectivity index (χ0v) is 14.9. The van der Waals surface area contributed by atoms with E-state index < -0.39 is 5.60 Å². The summed E-state index contributed by atoms with van der Waals surface area (Å²) < 4.78 is 5.53. The van der Waals surface area contributed by atoms with Crippen molar-refractivity contribution < 1.29 is 14.6 Å². The van der Waals surface area contributed by atoms with E-state index in [0.717, 1.165) is 45.2 Å². The first-order valence-electron chi connectivity index (χ1n) is 8.56. The summed E-state index contributed by atoms with van der Waals surface area (Å²) >= 11 is 0. The van der Waals surface area contributed by atoms with Crippen molar-refractivity contribution in [3.05, 3.63) is 0 Å². The fourth-order valence-electron chi connectivity index (χ4n) is 2.77. The lowest BCUT2D eigenvalue weighted by atomic mass is 9.93. The van der Waals surface area contributed by atoms with E-state index in [1.54, 1.807) is 0 Å². The highest BCUT2D eigenvalue weighted by molar-refractivity contribution is 5.68. The number of carbonyl (C=O) groups excluding carboxylic acids is 1. The van der Waals surface area contributed by atoms with Crippen molar-refractivity contribution in [3.8, 4) is 0 Å². The molecule has 0 aromatic carbocycles. The summed E-state index contributed by atoms with van der Waals surface area (Å²) in [6.07, 6.45) is 4.66. The fraction of sp³-hybridized carbons (Fsp3) is 0.941. The van der Waals surface area contributed by atoms with Crippen LogP contribution >= 0.6 is 0 Å². The second kappa shape index (κ2) is 8.16. The summed E-state index contributed by atoms with van der Waals surface area (Å²) in [6.45, 7) is 11.6. The van der Waals surface area contributed by atoms with Gasteiger partial charge in [-0.2, -0.15) is 0 Å². The molecule has 5 heteroatoms. The van der Waals surface area contributed by atoms with Crippen LogP contribution in [0.5, 0.6) is 0 Å².